The molecule has 2 aliphatic rings. The lowest BCUT2D eigenvalue weighted by Gasteiger charge is -2.31. The fraction of sp³-hybridized carbons (Fsp3) is 0.467. The number of amides is 2. The second-order valence-electron chi connectivity index (χ2n) is 5.75. The van der Waals surface area contributed by atoms with E-state index >= 15 is 0 Å². The molecule has 3 nitrogen and oxygen atoms in total. The Labute approximate surface area is 132 Å². The first-order valence-corrected chi connectivity index (χ1v) is 8.25. The van der Waals surface area contributed by atoms with Gasteiger partial charge in [0.1, 0.15) is 0 Å². The van der Waals surface area contributed by atoms with Gasteiger partial charge in [0.15, 0.2) is 0 Å². The van der Waals surface area contributed by atoms with Crippen molar-refractivity contribution >= 4 is 40.4 Å². The Balaban J connectivity index is 1.90. The fourth-order valence-corrected chi connectivity index (χ4v) is 4.01. The van der Waals surface area contributed by atoms with Crippen LogP contribution in [0, 0.1) is 5.41 Å². The first-order chi connectivity index (χ1) is 9.56. The zero-order valence-corrected chi connectivity index (χ0v) is 13.5. The third-order valence-electron chi connectivity index (χ3n) is 4.43. The minimum absolute atomic E-state index is 0.00764. The van der Waals surface area contributed by atoms with Gasteiger partial charge < -0.3 is 0 Å². The predicted molar refractivity (Wildman–Crippen MR) is 84.3 cm³/mol. The highest BCUT2D eigenvalue weighted by molar-refractivity contribution is 9.10. The number of carbonyl (C=O) groups is 2. The minimum Gasteiger partial charge on any atom is -0.274 e. The molecule has 0 saturated heterocycles. The highest BCUT2D eigenvalue weighted by Crippen LogP contribution is 2.41. The van der Waals surface area contributed by atoms with E-state index in [1.54, 1.807) is 18.2 Å². The average molecular weight is 354 g/mol. The summed E-state index contributed by atoms with van der Waals surface area (Å²) in [4.78, 5) is 26.3. The Morgan fingerprint density at radius 3 is 2.45 bits per heavy atom. The summed E-state index contributed by atoms with van der Waals surface area (Å²) in [7, 11) is 0. The molecule has 20 heavy (non-hydrogen) atoms. The van der Waals surface area contributed by atoms with E-state index in [9.17, 15) is 9.59 Å². The molecule has 1 aliphatic heterocycles. The van der Waals surface area contributed by atoms with Crippen molar-refractivity contribution in [3.05, 3.63) is 33.8 Å². The molecule has 1 aliphatic carbocycles. The van der Waals surface area contributed by atoms with Gasteiger partial charge in [0.05, 0.1) is 11.1 Å². The van der Waals surface area contributed by atoms with Crippen LogP contribution in [0.4, 0.5) is 0 Å². The van der Waals surface area contributed by atoms with Crippen molar-refractivity contribution in [3.8, 4) is 0 Å². The number of carbonyl (C=O) groups excluding carboxylic acids is 2. The number of imide groups is 1. The number of hydrogen-bond acceptors (Lipinski definition) is 3. The van der Waals surface area contributed by atoms with Crippen molar-refractivity contribution in [1.82, 2.24) is 4.90 Å². The van der Waals surface area contributed by atoms with Crippen LogP contribution in [0.1, 0.15) is 46.4 Å². The van der Waals surface area contributed by atoms with E-state index in [0.29, 0.717) is 17.7 Å². The van der Waals surface area contributed by atoms with Gasteiger partial charge in [-0.15, -0.1) is 0 Å². The van der Waals surface area contributed by atoms with Crippen LogP contribution in [-0.4, -0.2) is 29.0 Å². The van der Waals surface area contributed by atoms with Crippen molar-refractivity contribution < 1.29 is 9.59 Å². The smallest absolute Gasteiger partial charge is 0.261 e. The second kappa shape index (κ2) is 5.19. The summed E-state index contributed by atoms with van der Waals surface area (Å²) in [5.74, 6) is 0.398. The Morgan fingerprint density at radius 1 is 1.15 bits per heavy atom. The zero-order chi connectivity index (χ0) is 14.3. The van der Waals surface area contributed by atoms with E-state index < -0.39 is 0 Å². The molecule has 0 bridgehead atoms. The largest absolute Gasteiger partial charge is 0.274 e. The van der Waals surface area contributed by atoms with Gasteiger partial charge in [0.25, 0.3) is 11.8 Å². The summed E-state index contributed by atoms with van der Waals surface area (Å²) in [6, 6.07) is 5.26. The SMILES string of the molecule is O=C1c2ccc(Br)cc2C(=O)N1CC1(CS)CCCC1. The van der Waals surface area contributed by atoms with E-state index in [0.717, 1.165) is 35.9 Å². The monoisotopic (exact) mass is 353 g/mol. The summed E-state index contributed by atoms with van der Waals surface area (Å²) < 4.78 is 0.823. The molecule has 0 atom stereocenters. The Kier molecular flexibility index (Phi) is 3.67. The molecule has 3 rings (SSSR count). The molecular weight excluding hydrogens is 338 g/mol. The molecule has 0 N–H and O–H groups in total. The number of thiol groups is 1. The van der Waals surface area contributed by atoms with Crippen LogP contribution >= 0.6 is 28.6 Å². The van der Waals surface area contributed by atoms with Gasteiger partial charge >= 0.3 is 0 Å². The van der Waals surface area contributed by atoms with Crippen LogP contribution in [0.25, 0.3) is 0 Å². The predicted octanol–water partition coefficient (Wildman–Crippen LogP) is 3.54. The summed E-state index contributed by atoms with van der Waals surface area (Å²) in [6.07, 6.45) is 4.42. The fourth-order valence-electron chi connectivity index (χ4n) is 3.23. The maximum Gasteiger partial charge on any atom is 0.261 e. The molecule has 0 unspecified atom stereocenters. The van der Waals surface area contributed by atoms with Crippen molar-refractivity contribution in [1.29, 1.82) is 0 Å². The summed E-state index contributed by atoms with van der Waals surface area (Å²) in [5, 5.41) is 0. The molecule has 2 amide bonds. The molecule has 1 aromatic carbocycles. The van der Waals surface area contributed by atoms with Gasteiger partial charge in [-0.05, 0) is 42.2 Å². The highest BCUT2D eigenvalue weighted by atomic mass is 79.9. The average Bonchev–Trinajstić information content (AvgIpc) is 3.00. The Hall–Kier alpha value is -0.810. The van der Waals surface area contributed by atoms with Gasteiger partial charge in [-0.3, -0.25) is 14.5 Å². The lowest BCUT2D eigenvalue weighted by atomic mass is 9.88. The normalized spacial score (nSPS) is 20.6. The molecule has 1 aromatic rings. The van der Waals surface area contributed by atoms with E-state index in [1.807, 2.05) is 0 Å². The van der Waals surface area contributed by atoms with Gasteiger partial charge in [-0.25, -0.2) is 0 Å². The van der Waals surface area contributed by atoms with Crippen LogP contribution in [0.2, 0.25) is 0 Å². The van der Waals surface area contributed by atoms with Gasteiger partial charge in [0.2, 0.25) is 0 Å². The van der Waals surface area contributed by atoms with Crippen molar-refractivity contribution in [3.63, 3.8) is 0 Å². The van der Waals surface area contributed by atoms with Crippen LogP contribution in [-0.2, 0) is 0 Å². The maximum absolute atomic E-state index is 12.5. The number of nitrogens with zero attached hydrogens (tertiary/aromatic N) is 1. The van der Waals surface area contributed by atoms with Crippen molar-refractivity contribution in [2.24, 2.45) is 5.41 Å². The minimum atomic E-state index is -0.167. The maximum atomic E-state index is 12.5. The first kappa shape index (κ1) is 14.1. The van der Waals surface area contributed by atoms with Crippen LogP contribution < -0.4 is 0 Å². The molecule has 0 spiro atoms. The van der Waals surface area contributed by atoms with E-state index in [4.69, 9.17) is 0 Å². The van der Waals surface area contributed by atoms with Gasteiger partial charge in [0, 0.05) is 11.0 Å². The molecule has 106 valence electrons. The molecular formula is C15H16BrNO2S. The number of halogens is 1. The molecule has 0 aromatic heterocycles. The molecule has 0 radical (unpaired) electrons. The topological polar surface area (TPSA) is 37.4 Å². The van der Waals surface area contributed by atoms with Crippen molar-refractivity contribution in [2.45, 2.75) is 25.7 Å². The van der Waals surface area contributed by atoms with Crippen LogP contribution in [0.15, 0.2) is 22.7 Å². The van der Waals surface area contributed by atoms with Crippen LogP contribution in [0.5, 0.6) is 0 Å². The summed E-state index contributed by atoms with van der Waals surface area (Å²) in [5.41, 5.74) is 1.04. The van der Waals surface area contributed by atoms with E-state index in [2.05, 4.69) is 28.6 Å². The number of hydrogen-bond donors (Lipinski definition) is 1. The summed E-state index contributed by atoms with van der Waals surface area (Å²) in [6.45, 7) is 0.500. The number of benzene rings is 1. The molecule has 1 fully saturated rings. The second-order valence-corrected chi connectivity index (χ2v) is 6.98. The van der Waals surface area contributed by atoms with Gasteiger partial charge in [-0.2, -0.15) is 12.6 Å². The quantitative estimate of drug-likeness (QED) is 0.666. The van der Waals surface area contributed by atoms with E-state index in [-0.39, 0.29) is 17.2 Å². The standard InChI is InChI=1S/C15H16BrNO2S/c16-10-3-4-11-12(7-10)14(19)17(13(11)18)8-15(9-20)5-1-2-6-15/h3-4,7,20H,1-2,5-6,8-9H2. The van der Waals surface area contributed by atoms with Crippen LogP contribution in [0.3, 0.4) is 0 Å². The van der Waals surface area contributed by atoms with Gasteiger partial charge in [-0.1, -0.05) is 28.8 Å². The highest BCUT2D eigenvalue weighted by Gasteiger charge is 2.42. The van der Waals surface area contributed by atoms with Crippen molar-refractivity contribution in [2.75, 3.05) is 12.3 Å². The third kappa shape index (κ3) is 2.21. The molecule has 1 heterocycles. The third-order valence-corrected chi connectivity index (χ3v) is 5.59. The zero-order valence-electron chi connectivity index (χ0n) is 11.1. The van der Waals surface area contributed by atoms with E-state index in [1.165, 1.54) is 4.90 Å². The summed E-state index contributed by atoms with van der Waals surface area (Å²) >= 11 is 7.80. The lowest BCUT2D eigenvalue weighted by molar-refractivity contribution is 0.0586. The lowest BCUT2D eigenvalue weighted by Crippen LogP contribution is -2.40. The number of rotatable bonds is 3. The number of fused-ring (bicyclic) bond motifs is 1. The Morgan fingerprint density at radius 2 is 1.80 bits per heavy atom. The molecule has 5 heteroatoms. The Bertz CT molecular complexity index is 581. The molecule has 1 saturated carbocycles. The first-order valence-electron chi connectivity index (χ1n) is 6.83.